The first-order chi connectivity index (χ1) is 20.7. The lowest BCUT2D eigenvalue weighted by Crippen LogP contribution is -2.52. The molecule has 2 aromatic carbocycles. The molecule has 3 fully saturated rings. The van der Waals surface area contributed by atoms with Gasteiger partial charge in [0.2, 0.25) is 11.8 Å². The van der Waals surface area contributed by atoms with E-state index in [-0.39, 0.29) is 29.9 Å². The van der Waals surface area contributed by atoms with E-state index in [4.69, 9.17) is 14.5 Å². The fraction of sp³-hybridized carbons (Fsp3) is 0.471. The Morgan fingerprint density at radius 1 is 1.05 bits per heavy atom. The van der Waals surface area contributed by atoms with Crippen molar-refractivity contribution in [1.82, 2.24) is 20.1 Å². The second-order valence-electron chi connectivity index (χ2n) is 13.0. The maximum Gasteiger partial charge on any atom is 0.255 e. The van der Waals surface area contributed by atoms with Crippen molar-refractivity contribution >= 4 is 28.6 Å². The summed E-state index contributed by atoms with van der Waals surface area (Å²) in [5, 5.41) is 3.52. The van der Waals surface area contributed by atoms with E-state index in [9.17, 15) is 14.4 Å². The fourth-order valence-corrected chi connectivity index (χ4v) is 7.11. The number of amides is 3. The highest BCUT2D eigenvalue weighted by Crippen LogP contribution is 2.36. The van der Waals surface area contributed by atoms with E-state index < -0.39 is 11.9 Å². The minimum Gasteiger partial charge on any atom is -0.489 e. The monoisotopic (exact) mass is 582 g/mol. The third-order valence-corrected chi connectivity index (χ3v) is 9.32. The second-order valence-corrected chi connectivity index (χ2v) is 13.0. The molecule has 224 valence electrons. The normalized spacial score (nSPS) is 25.7. The van der Waals surface area contributed by atoms with Crippen LogP contribution in [0.4, 0.5) is 0 Å². The van der Waals surface area contributed by atoms with E-state index in [1.165, 1.54) is 10.9 Å². The minimum absolute atomic E-state index is 0.0646. The summed E-state index contributed by atoms with van der Waals surface area (Å²) in [6, 6.07) is 15.9. The molecule has 3 atom stereocenters. The number of ether oxygens (including phenoxy) is 2. The molecule has 3 unspecified atom stereocenters. The molecule has 4 aliphatic rings. The average Bonchev–Trinajstić information content (AvgIpc) is 3.55. The van der Waals surface area contributed by atoms with E-state index in [0.717, 1.165) is 68.0 Å². The van der Waals surface area contributed by atoms with Gasteiger partial charge in [0.15, 0.2) is 0 Å². The summed E-state index contributed by atoms with van der Waals surface area (Å²) in [6.07, 6.45) is 3.60. The minimum atomic E-state index is -0.613. The Hall–Kier alpha value is -3.82. The Morgan fingerprint density at radius 3 is 2.77 bits per heavy atom. The van der Waals surface area contributed by atoms with Gasteiger partial charge in [0, 0.05) is 61.8 Å². The summed E-state index contributed by atoms with van der Waals surface area (Å²) < 4.78 is 12.3. The molecular formula is C34H38N4O5. The summed E-state index contributed by atoms with van der Waals surface area (Å²) in [5.41, 5.74) is 4.82. The predicted octanol–water partition coefficient (Wildman–Crippen LogP) is 4.32. The van der Waals surface area contributed by atoms with Gasteiger partial charge >= 0.3 is 0 Å². The molecule has 4 aliphatic heterocycles. The number of hydrogen-bond donors (Lipinski definition) is 1. The molecular weight excluding hydrogens is 544 g/mol. The lowest BCUT2D eigenvalue weighted by molar-refractivity contribution is -0.136. The van der Waals surface area contributed by atoms with Crippen molar-refractivity contribution in [3.63, 3.8) is 0 Å². The molecule has 1 aromatic heterocycles. The summed E-state index contributed by atoms with van der Waals surface area (Å²) in [4.78, 5) is 45.9. The molecule has 0 aliphatic carbocycles. The predicted molar refractivity (Wildman–Crippen MR) is 161 cm³/mol. The van der Waals surface area contributed by atoms with Gasteiger partial charge in [-0.25, -0.2) is 0 Å². The largest absolute Gasteiger partial charge is 0.489 e. The van der Waals surface area contributed by atoms with E-state index in [0.29, 0.717) is 24.4 Å². The van der Waals surface area contributed by atoms with Gasteiger partial charge in [-0.3, -0.25) is 29.6 Å². The van der Waals surface area contributed by atoms with Gasteiger partial charge in [0.25, 0.3) is 5.91 Å². The molecule has 43 heavy (non-hydrogen) atoms. The summed E-state index contributed by atoms with van der Waals surface area (Å²) in [7, 11) is 0. The maximum absolute atomic E-state index is 13.0. The molecule has 0 radical (unpaired) electrons. The first kappa shape index (κ1) is 28.0. The highest BCUT2D eigenvalue weighted by molar-refractivity contribution is 6.05. The van der Waals surface area contributed by atoms with Gasteiger partial charge in [0.05, 0.1) is 11.1 Å². The summed E-state index contributed by atoms with van der Waals surface area (Å²) >= 11 is 0. The second kappa shape index (κ2) is 11.0. The number of carbonyl (C=O) groups excluding carboxylic acids is 3. The van der Waals surface area contributed by atoms with Crippen molar-refractivity contribution in [2.45, 2.75) is 82.7 Å². The number of hydrogen-bond acceptors (Lipinski definition) is 7. The Morgan fingerprint density at radius 2 is 1.93 bits per heavy atom. The van der Waals surface area contributed by atoms with Crippen LogP contribution in [0.25, 0.3) is 10.9 Å². The van der Waals surface area contributed by atoms with Gasteiger partial charge in [0.1, 0.15) is 17.9 Å². The Bertz CT molecular complexity index is 1600. The molecule has 9 nitrogen and oxygen atoms in total. The van der Waals surface area contributed by atoms with Crippen LogP contribution in [0, 0.1) is 0 Å². The van der Waals surface area contributed by atoms with Crippen molar-refractivity contribution in [3.05, 3.63) is 70.9 Å². The molecule has 3 amide bonds. The van der Waals surface area contributed by atoms with Gasteiger partial charge in [-0.1, -0.05) is 12.1 Å². The van der Waals surface area contributed by atoms with Crippen LogP contribution in [-0.2, 0) is 27.4 Å². The number of aromatic nitrogens is 1. The number of benzene rings is 2. The zero-order chi connectivity index (χ0) is 29.7. The Balaban J connectivity index is 0.957. The van der Waals surface area contributed by atoms with Gasteiger partial charge < -0.3 is 14.4 Å². The lowest BCUT2D eigenvalue weighted by Gasteiger charge is -2.35. The van der Waals surface area contributed by atoms with Crippen molar-refractivity contribution in [2.75, 3.05) is 19.7 Å². The van der Waals surface area contributed by atoms with Crippen LogP contribution < -0.4 is 10.1 Å². The topological polar surface area (TPSA) is 101 Å². The number of nitrogens with one attached hydrogen (secondary N) is 1. The number of nitrogens with zero attached hydrogens (tertiary/aromatic N) is 3. The number of imide groups is 1. The van der Waals surface area contributed by atoms with Crippen LogP contribution >= 0.6 is 0 Å². The highest BCUT2D eigenvalue weighted by Gasteiger charge is 2.39. The fourth-order valence-electron chi connectivity index (χ4n) is 7.11. The number of fused-ring (bicyclic) bond motifs is 2. The zero-order valence-corrected chi connectivity index (χ0v) is 24.8. The van der Waals surface area contributed by atoms with Crippen LogP contribution in [0.5, 0.6) is 5.75 Å². The molecule has 7 rings (SSSR count). The standard InChI is InChI=1S/C34H38N4O5/c1-34(2)17-23(12-14-42-34)29-8-4-22-15-21(3-7-28(22)35-29)18-37-13-11-26(20-37)43-25-5-6-27-24(16-25)19-38(33(27)41)30-9-10-31(39)36-32(30)40/h3-8,15-16,23,26,30H,9-14,17-20H2,1-2H3,(H,36,39,40). The average molecular weight is 583 g/mol. The Kier molecular flexibility index (Phi) is 7.18. The number of carbonyl (C=O) groups is 3. The van der Waals surface area contributed by atoms with E-state index >= 15 is 0 Å². The molecule has 0 bridgehead atoms. The SMILES string of the molecule is CC1(C)CC(c2ccc3cc(CN4CCC(Oc5ccc6c(c5)CN(C5CCC(=O)NC5=O)C6=O)C4)ccc3n2)CCO1. The van der Waals surface area contributed by atoms with E-state index in [2.05, 4.69) is 54.4 Å². The number of pyridine rings is 1. The highest BCUT2D eigenvalue weighted by atomic mass is 16.5. The number of piperidine rings is 1. The zero-order valence-electron chi connectivity index (χ0n) is 24.8. The molecule has 3 saturated heterocycles. The van der Waals surface area contributed by atoms with Crippen molar-refractivity contribution in [2.24, 2.45) is 0 Å². The number of likely N-dealkylation sites (tertiary alicyclic amines) is 1. The summed E-state index contributed by atoms with van der Waals surface area (Å²) in [6.45, 7) is 8.08. The van der Waals surface area contributed by atoms with E-state index in [1.807, 2.05) is 12.1 Å². The molecule has 0 spiro atoms. The van der Waals surface area contributed by atoms with Crippen LogP contribution in [0.3, 0.4) is 0 Å². The molecule has 9 heteroatoms. The third-order valence-electron chi connectivity index (χ3n) is 9.32. The van der Waals surface area contributed by atoms with Gasteiger partial charge in [-0.15, -0.1) is 0 Å². The quantitative estimate of drug-likeness (QED) is 0.432. The van der Waals surface area contributed by atoms with E-state index in [1.54, 1.807) is 11.0 Å². The number of rotatable bonds is 6. The first-order valence-corrected chi connectivity index (χ1v) is 15.4. The molecule has 0 saturated carbocycles. The van der Waals surface area contributed by atoms with Gasteiger partial charge in [-0.2, -0.15) is 0 Å². The van der Waals surface area contributed by atoms with Crippen LogP contribution in [0.2, 0.25) is 0 Å². The Labute approximate surface area is 251 Å². The first-order valence-electron chi connectivity index (χ1n) is 15.4. The van der Waals surface area contributed by atoms with Crippen LogP contribution in [-0.4, -0.2) is 69.9 Å². The van der Waals surface area contributed by atoms with Crippen molar-refractivity contribution < 1.29 is 23.9 Å². The molecule has 3 aromatic rings. The smallest absolute Gasteiger partial charge is 0.255 e. The lowest BCUT2D eigenvalue weighted by atomic mass is 9.86. The summed E-state index contributed by atoms with van der Waals surface area (Å²) in [5.74, 6) is 0.325. The van der Waals surface area contributed by atoms with Crippen molar-refractivity contribution in [3.8, 4) is 5.75 Å². The third kappa shape index (κ3) is 5.76. The molecule has 1 N–H and O–H groups in total. The van der Waals surface area contributed by atoms with Gasteiger partial charge in [-0.05, 0) is 87.1 Å². The maximum atomic E-state index is 13.0. The van der Waals surface area contributed by atoms with Crippen molar-refractivity contribution in [1.29, 1.82) is 0 Å². The molecule has 5 heterocycles. The van der Waals surface area contributed by atoms with Crippen LogP contribution in [0.15, 0.2) is 48.5 Å². The van der Waals surface area contributed by atoms with Crippen LogP contribution in [0.1, 0.15) is 79.0 Å².